The molecule has 4 heteroatoms. The minimum absolute atomic E-state index is 0.140. The molecule has 1 aromatic heterocycles. The van der Waals surface area contributed by atoms with Crippen molar-refractivity contribution in [2.75, 3.05) is 11.9 Å². The van der Waals surface area contributed by atoms with Crippen molar-refractivity contribution in [1.29, 1.82) is 0 Å². The Balaban J connectivity index is 2.06. The number of carbonyl (C=O) groups excluding carboxylic acids is 1. The van der Waals surface area contributed by atoms with Crippen molar-refractivity contribution in [3.8, 4) is 0 Å². The van der Waals surface area contributed by atoms with Gasteiger partial charge >= 0.3 is 0 Å². The third-order valence-corrected chi connectivity index (χ3v) is 3.13. The molecule has 1 N–H and O–H groups in total. The minimum atomic E-state index is -0.458. The van der Waals surface area contributed by atoms with Crippen molar-refractivity contribution in [2.45, 2.75) is 32.8 Å². The average Bonchev–Trinajstić information content (AvgIpc) is 2.47. The molecular weight excluding hydrogens is 252 g/mol. The summed E-state index contributed by atoms with van der Waals surface area (Å²) in [6.07, 6.45) is 3.29. The molecule has 0 radical (unpaired) electrons. The van der Waals surface area contributed by atoms with Crippen LogP contribution in [0.2, 0.25) is 0 Å². The third-order valence-electron chi connectivity index (χ3n) is 3.13. The van der Waals surface area contributed by atoms with Crippen LogP contribution < -0.4 is 5.32 Å². The van der Waals surface area contributed by atoms with E-state index in [4.69, 9.17) is 4.74 Å². The Bertz CT molecular complexity index is 578. The molecule has 0 saturated carbocycles. The normalized spacial score (nSPS) is 12.3. The number of para-hydroxylation sites is 1. The monoisotopic (exact) mass is 272 g/mol. The Morgan fingerprint density at radius 1 is 1.35 bits per heavy atom. The molecule has 0 bridgehead atoms. The van der Waals surface area contributed by atoms with Crippen LogP contribution in [-0.2, 0) is 9.53 Å². The number of aromatic nitrogens is 1. The largest absolute Gasteiger partial charge is 0.369 e. The Hall–Kier alpha value is -1.94. The van der Waals surface area contributed by atoms with E-state index < -0.39 is 6.10 Å². The van der Waals surface area contributed by atoms with Crippen molar-refractivity contribution < 1.29 is 9.53 Å². The van der Waals surface area contributed by atoms with Gasteiger partial charge in [0, 0.05) is 18.2 Å². The van der Waals surface area contributed by atoms with Crippen molar-refractivity contribution in [3.05, 3.63) is 36.5 Å². The lowest BCUT2D eigenvalue weighted by molar-refractivity contribution is -0.126. The van der Waals surface area contributed by atoms with Gasteiger partial charge in [0.05, 0.1) is 11.2 Å². The van der Waals surface area contributed by atoms with E-state index in [0.29, 0.717) is 6.61 Å². The molecule has 1 aromatic carbocycles. The van der Waals surface area contributed by atoms with Gasteiger partial charge in [0.1, 0.15) is 6.10 Å². The van der Waals surface area contributed by atoms with Gasteiger partial charge in [0.2, 0.25) is 0 Å². The number of hydrogen-bond acceptors (Lipinski definition) is 3. The SMILES string of the molecule is CCCCOC(C)C(=O)Nc1cccc2cccnc12. The maximum Gasteiger partial charge on any atom is 0.253 e. The summed E-state index contributed by atoms with van der Waals surface area (Å²) in [5.74, 6) is -0.140. The molecule has 1 heterocycles. The standard InChI is InChI=1S/C16H20N2O2/c1-3-4-11-20-12(2)16(19)18-14-9-5-7-13-8-6-10-17-15(13)14/h5-10,12H,3-4,11H2,1-2H3,(H,18,19). The molecule has 0 aliphatic carbocycles. The number of nitrogens with zero attached hydrogens (tertiary/aromatic N) is 1. The van der Waals surface area contributed by atoms with Gasteiger partial charge < -0.3 is 10.1 Å². The summed E-state index contributed by atoms with van der Waals surface area (Å²) in [6, 6.07) is 9.58. The van der Waals surface area contributed by atoms with Gasteiger partial charge in [0.15, 0.2) is 0 Å². The first-order valence-electron chi connectivity index (χ1n) is 6.98. The highest BCUT2D eigenvalue weighted by Gasteiger charge is 2.14. The summed E-state index contributed by atoms with van der Waals surface area (Å²) in [5.41, 5.74) is 1.52. The minimum Gasteiger partial charge on any atom is -0.369 e. The zero-order valence-electron chi connectivity index (χ0n) is 11.9. The van der Waals surface area contributed by atoms with E-state index in [1.807, 2.05) is 30.3 Å². The molecule has 2 aromatic rings. The first-order valence-corrected chi connectivity index (χ1v) is 6.98. The van der Waals surface area contributed by atoms with E-state index in [1.54, 1.807) is 13.1 Å². The fraction of sp³-hybridized carbons (Fsp3) is 0.375. The highest BCUT2D eigenvalue weighted by atomic mass is 16.5. The van der Waals surface area contributed by atoms with Crippen LogP contribution >= 0.6 is 0 Å². The van der Waals surface area contributed by atoms with Gasteiger partial charge in [-0.15, -0.1) is 0 Å². The summed E-state index contributed by atoms with van der Waals surface area (Å²) < 4.78 is 5.50. The summed E-state index contributed by atoms with van der Waals surface area (Å²) in [5, 5.41) is 3.89. The molecule has 106 valence electrons. The first-order chi connectivity index (χ1) is 9.72. The predicted octanol–water partition coefficient (Wildman–Crippen LogP) is 3.38. The molecule has 0 aliphatic rings. The Labute approximate surface area is 119 Å². The molecule has 4 nitrogen and oxygen atoms in total. The molecule has 1 amide bonds. The van der Waals surface area contributed by atoms with E-state index in [0.717, 1.165) is 29.4 Å². The van der Waals surface area contributed by atoms with Crippen molar-refractivity contribution in [1.82, 2.24) is 4.98 Å². The van der Waals surface area contributed by atoms with Gasteiger partial charge in [-0.25, -0.2) is 0 Å². The number of anilines is 1. The number of unbranched alkanes of at least 4 members (excludes halogenated alkanes) is 1. The molecule has 20 heavy (non-hydrogen) atoms. The summed E-state index contributed by atoms with van der Waals surface area (Å²) >= 11 is 0. The van der Waals surface area contributed by atoms with Crippen LogP contribution in [-0.4, -0.2) is 23.6 Å². The van der Waals surface area contributed by atoms with Crippen molar-refractivity contribution in [3.63, 3.8) is 0 Å². The van der Waals surface area contributed by atoms with Crippen LogP contribution in [0.1, 0.15) is 26.7 Å². The number of ether oxygens (including phenoxy) is 1. The number of amides is 1. The Morgan fingerprint density at radius 3 is 2.95 bits per heavy atom. The lowest BCUT2D eigenvalue weighted by Gasteiger charge is -2.14. The average molecular weight is 272 g/mol. The van der Waals surface area contributed by atoms with E-state index in [2.05, 4.69) is 17.2 Å². The van der Waals surface area contributed by atoms with Crippen LogP contribution in [0.15, 0.2) is 36.5 Å². The maximum atomic E-state index is 12.1. The number of benzene rings is 1. The molecule has 1 unspecified atom stereocenters. The number of carbonyl (C=O) groups is 1. The lowest BCUT2D eigenvalue weighted by Crippen LogP contribution is -2.28. The summed E-state index contributed by atoms with van der Waals surface area (Å²) in [6.45, 7) is 4.47. The number of rotatable bonds is 6. The molecule has 2 rings (SSSR count). The van der Waals surface area contributed by atoms with Crippen molar-refractivity contribution >= 4 is 22.5 Å². The maximum absolute atomic E-state index is 12.1. The molecule has 0 spiro atoms. The molecular formula is C16H20N2O2. The number of fused-ring (bicyclic) bond motifs is 1. The van der Waals surface area contributed by atoms with E-state index >= 15 is 0 Å². The van der Waals surface area contributed by atoms with E-state index in [-0.39, 0.29) is 5.91 Å². The second-order valence-electron chi connectivity index (χ2n) is 4.74. The Morgan fingerprint density at radius 2 is 2.15 bits per heavy atom. The van der Waals surface area contributed by atoms with E-state index in [9.17, 15) is 4.79 Å². The van der Waals surface area contributed by atoms with Crippen LogP contribution in [0.5, 0.6) is 0 Å². The van der Waals surface area contributed by atoms with Crippen LogP contribution in [0.3, 0.4) is 0 Å². The second-order valence-corrected chi connectivity index (χ2v) is 4.74. The number of hydrogen-bond donors (Lipinski definition) is 1. The molecule has 0 aliphatic heterocycles. The molecule has 1 atom stereocenters. The van der Waals surface area contributed by atoms with Gasteiger partial charge in [-0.05, 0) is 25.5 Å². The fourth-order valence-corrected chi connectivity index (χ4v) is 1.92. The lowest BCUT2D eigenvalue weighted by atomic mass is 10.2. The second kappa shape index (κ2) is 7.01. The predicted molar refractivity (Wildman–Crippen MR) is 80.7 cm³/mol. The first kappa shape index (κ1) is 14.5. The molecule has 0 saturated heterocycles. The summed E-state index contributed by atoms with van der Waals surface area (Å²) in [7, 11) is 0. The van der Waals surface area contributed by atoms with Crippen molar-refractivity contribution in [2.24, 2.45) is 0 Å². The number of nitrogens with one attached hydrogen (secondary N) is 1. The topological polar surface area (TPSA) is 51.2 Å². The van der Waals surface area contributed by atoms with Crippen LogP contribution in [0.4, 0.5) is 5.69 Å². The van der Waals surface area contributed by atoms with E-state index in [1.165, 1.54) is 0 Å². The number of pyridine rings is 1. The van der Waals surface area contributed by atoms with Crippen LogP contribution in [0.25, 0.3) is 10.9 Å². The third kappa shape index (κ3) is 3.54. The fourth-order valence-electron chi connectivity index (χ4n) is 1.92. The smallest absolute Gasteiger partial charge is 0.253 e. The van der Waals surface area contributed by atoms with Gasteiger partial charge in [-0.3, -0.25) is 9.78 Å². The van der Waals surface area contributed by atoms with Gasteiger partial charge in [-0.1, -0.05) is 31.5 Å². The molecule has 0 fully saturated rings. The highest BCUT2D eigenvalue weighted by Crippen LogP contribution is 2.20. The zero-order valence-corrected chi connectivity index (χ0v) is 11.9. The Kier molecular flexibility index (Phi) is 5.07. The van der Waals surface area contributed by atoms with Gasteiger partial charge in [-0.2, -0.15) is 0 Å². The highest BCUT2D eigenvalue weighted by molar-refractivity contribution is 6.01. The quantitative estimate of drug-likeness (QED) is 0.820. The zero-order chi connectivity index (χ0) is 14.4. The summed E-state index contributed by atoms with van der Waals surface area (Å²) in [4.78, 5) is 16.4. The van der Waals surface area contributed by atoms with Gasteiger partial charge in [0.25, 0.3) is 5.91 Å². The van der Waals surface area contributed by atoms with Crippen LogP contribution in [0, 0.1) is 0 Å².